The van der Waals surface area contributed by atoms with Gasteiger partial charge in [-0.05, 0) is 42.3 Å². The molecular weight excluding hydrogens is 480 g/mol. The number of carbonyl (C=O) groups excluding carboxylic acids is 1. The largest absolute Gasteiger partial charge is 0.497 e. The highest BCUT2D eigenvalue weighted by Crippen LogP contribution is 2.32. The quantitative estimate of drug-likeness (QED) is 0.266. The summed E-state index contributed by atoms with van der Waals surface area (Å²) in [5, 5.41) is 10.4. The smallest absolute Gasteiger partial charge is 0.224 e. The number of hydrogen-bond donors (Lipinski definition) is 3. The third-order valence-electron chi connectivity index (χ3n) is 6.20. The zero-order chi connectivity index (χ0) is 26.1. The van der Waals surface area contributed by atoms with Crippen molar-refractivity contribution in [3.63, 3.8) is 0 Å². The number of aromatic nitrogens is 7. The van der Waals surface area contributed by atoms with Crippen molar-refractivity contribution in [1.29, 1.82) is 0 Å². The molecule has 6 aromatic rings. The Morgan fingerprint density at radius 3 is 2.71 bits per heavy atom. The topological polar surface area (TPSA) is 134 Å². The lowest BCUT2D eigenvalue weighted by molar-refractivity contribution is -0.116. The number of benzene rings is 1. The summed E-state index contributed by atoms with van der Waals surface area (Å²) in [4.78, 5) is 33.8. The van der Waals surface area contributed by atoms with Crippen LogP contribution in [-0.2, 0) is 4.79 Å². The lowest BCUT2D eigenvalue weighted by atomic mass is 10.1. The molecular formula is C28H24N8O2. The standard InChI is InChI=1S/C28H24N8O2/c1-3-5-24(37)31-18-10-17(12-29-13-18)21-8-9-22-26(32-21)27(36-35-22)28-33-23-15-30-14-20(25(23)34-28)16-6-4-7-19(11-16)38-2/h4,6-15H,3,5H2,1-2H3,(H,31,37)(H,33,34)(H,35,36). The van der Waals surface area contributed by atoms with Gasteiger partial charge in [0.15, 0.2) is 11.5 Å². The van der Waals surface area contributed by atoms with Crippen LogP contribution < -0.4 is 10.1 Å². The number of rotatable bonds is 7. The zero-order valence-corrected chi connectivity index (χ0v) is 20.8. The van der Waals surface area contributed by atoms with Crippen molar-refractivity contribution in [2.24, 2.45) is 0 Å². The minimum Gasteiger partial charge on any atom is -0.497 e. The first-order chi connectivity index (χ1) is 18.6. The van der Waals surface area contributed by atoms with E-state index < -0.39 is 0 Å². The summed E-state index contributed by atoms with van der Waals surface area (Å²) in [5.41, 5.74) is 7.53. The van der Waals surface area contributed by atoms with Gasteiger partial charge in [-0.2, -0.15) is 5.10 Å². The van der Waals surface area contributed by atoms with Crippen LogP contribution in [0.5, 0.6) is 5.75 Å². The molecule has 0 atom stereocenters. The minimum absolute atomic E-state index is 0.0420. The van der Waals surface area contributed by atoms with Gasteiger partial charge in [-0.15, -0.1) is 0 Å². The number of nitrogens with zero attached hydrogens (tertiary/aromatic N) is 5. The monoisotopic (exact) mass is 504 g/mol. The molecule has 0 aliphatic heterocycles. The molecule has 0 saturated carbocycles. The van der Waals surface area contributed by atoms with Gasteiger partial charge in [0, 0.05) is 29.9 Å². The third-order valence-corrected chi connectivity index (χ3v) is 6.20. The second kappa shape index (κ2) is 9.74. The van der Waals surface area contributed by atoms with Crippen LogP contribution in [0, 0.1) is 0 Å². The second-order valence-electron chi connectivity index (χ2n) is 8.83. The van der Waals surface area contributed by atoms with Crippen molar-refractivity contribution in [3.05, 3.63) is 67.3 Å². The number of anilines is 1. The molecule has 10 heteroatoms. The highest BCUT2D eigenvalue weighted by molar-refractivity contribution is 5.96. The van der Waals surface area contributed by atoms with Gasteiger partial charge in [-0.25, -0.2) is 9.97 Å². The van der Waals surface area contributed by atoms with Gasteiger partial charge in [0.05, 0.1) is 47.4 Å². The molecule has 0 aliphatic rings. The Bertz CT molecular complexity index is 1790. The minimum atomic E-state index is -0.0420. The zero-order valence-electron chi connectivity index (χ0n) is 20.8. The number of pyridine rings is 3. The molecule has 3 N–H and O–H groups in total. The molecule has 0 unspecified atom stereocenters. The summed E-state index contributed by atoms with van der Waals surface area (Å²) < 4.78 is 5.39. The maximum Gasteiger partial charge on any atom is 0.224 e. The summed E-state index contributed by atoms with van der Waals surface area (Å²) in [6, 6.07) is 13.5. The number of H-pyrrole nitrogens is 2. The van der Waals surface area contributed by atoms with Gasteiger partial charge in [-0.1, -0.05) is 19.1 Å². The van der Waals surface area contributed by atoms with E-state index in [-0.39, 0.29) is 5.91 Å². The molecule has 0 radical (unpaired) electrons. The predicted molar refractivity (Wildman–Crippen MR) is 146 cm³/mol. The molecule has 0 aliphatic carbocycles. The van der Waals surface area contributed by atoms with Crippen LogP contribution in [0.3, 0.4) is 0 Å². The molecule has 0 bridgehead atoms. The first-order valence-corrected chi connectivity index (χ1v) is 12.2. The normalized spacial score (nSPS) is 11.2. The number of aromatic amines is 2. The van der Waals surface area contributed by atoms with Crippen LogP contribution in [-0.4, -0.2) is 48.1 Å². The van der Waals surface area contributed by atoms with Crippen molar-refractivity contribution < 1.29 is 9.53 Å². The van der Waals surface area contributed by atoms with Crippen LogP contribution >= 0.6 is 0 Å². The lowest BCUT2D eigenvalue weighted by Gasteiger charge is -2.06. The molecule has 38 heavy (non-hydrogen) atoms. The number of imidazole rings is 1. The SMILES string of the molecule is CCCC(=O)Nc1cncc(-c2ccc3[nH]nc(-c4nc5c(-c6cccc(OC)c6)cncc5[nH]4)c3n2)c1. The molecule has 1 aromatic carbocycles. The Balaban J connectivity index is 1.40. The number of carbonyl (C=O) groups is 1. The van der Waals surface area contributed by atoms with Crippen molar-refractivity contribution in [2.75, 3.05) is 12.4 Å². The third kappa shape index (κ3) is 4.32. The molecule has 10 nitrogen and oxygen atoms in total. The Kier molecular flexibility index (Phi) is 5.97. The fourth-order valence-corrected chi connectivity index (χ4v) is 4.37. The molecule has 6 rings (SSSR count). The number of hydrogen-bond acceptors (Lipinski definition) is 7. The van der Waals surface area contributed by atoms with E-state index in [0.717, 1.165) is 45.4 Å². The molecule has 0 saturated heterocycles. The van der Waals surface area contributed by atoms with Crippen LogP contribution in [0.1, 0.15) is 19.8 Å². The average molecular weight is 505 g/mol. The first kappa shape index (κ1) is 23.3. The highest BCUT2D eigenvalue weighted by Gasteiger charge is 2.17. The average Bonchev–Trinajstić information content (AvgIpc) is 3.57. The number of amides is 1. The van der Waals surface area contributed by atoms with Gasteiger partial charge in [0.25, 0.3) is 0 Å². The Morgan fingerprint density at radius 1 is 0.947 bits per heavy atom. The lowest BCUT2D eigenvalue weighted by Crippen LogP contribution is -2.10. The van der Waals surface area contributed by atoms with E-state index in [4.69, 9.17) is 14.7 Å². The summed E-state index contributed by atoms with van der Waals surface area (Å²) >= 11 is 0. The molecule has 5 heterocycles. The van der Waals surface area contributed by atoms with Crippen LogP contribution in [0.4, 0.5) is 5.69 Å². The van der Waals surface area contributed by atoms with Crippen LogP contribution in [0.15, 0.2) is 67.3 Å². The summed E-state index contributed by atoms with van der Waals surface area (Å²) in [6.07, 6.45) is 8.11. The Hall–Kier alpha value is -5.12. The van der Waals surface area contributed by atoms with Gasteiger partial charge in [0.2, 0.25) is 5.91 Å². The Morgan fingerprint density at radius 2 is 1.84 bits per heavy atom. The number of methoxy groups -OCH3 is 1. The summed E-state index contributed by atoms with van der Waals surface area (Å²) in [5.74, 6) is 1.29. The van der Waals surface area contributed by atoms with Gasteiger partial charge < -0.3 is 15.0 Å². The van der Waals surface area contributed by atoms with Crippen molar-refractivity contribution in [3.8, 4) is 39.7 Å². The first-order valence-electron chi connectivity index (χ1n) is 12.2. The van der Waals surface area contributed by atoms with Gasteiger partial charge in [-0.3, -0.25) is 19.9 Å². The van der Waals surface area contributed by atoms with Crippen molar-refractivity contribution >= 4 is 33.7 Å². The molecule has 0 spiro atoms. The maximum absolute atomic E-state index is 12.0. The molecule has 188 valence electrons. The summed E-state index contributed by atoms with van der Waals surface area (Å²) in [7, 11) is 1.64. The van der Waals surface area contributed by atoms with E-state index in [1.54, 1.807) is 31.9 Å². The van der Waals surface area contributed by atoms with Crippen LogP contribution in [0.2, 0.25) is 0 Å². The van der Waals surface area contributed by atoms with Gasteiger partial charge in [0.1, 0.15) is 11.3 Å². The van der Waals surface area contributed by atoms with Crippen molar-refractivity contribution in [2.45, 2.75) is 19.8 Å². The fraction of sp³-hybridized carbons (Fsp3) is 0.143. The summed E-state index contributed by atoms with van der Waals surface area (Å²) in [6.45, 7) is 1.97. The van der Waals surface area contributed by atoms with E-state index in [1.807, 2.05) is 49.4 Å². The number of fused-ring (bicyclic) bond motifs is 2. The van der Waals surface area contributed by atoms with E-state index in [0.29, 0.717) is 34.8 Å². The number of nitrogens with one attached hydrogen (secondary N) is 3. The van der Waals surface area contributed by atoms with Crippen molar-refractivity contribution in [1.82, 2.24) is 35.1 Å². The Labute approximate surface area is 217 Å². The molecule has 0 fully saturated rings. The maximum atomic E-state index is 12.0. The highest BCUT2D eigenvalue weighted by atomic mass is 16.5. The predicted octanol–water partition coefficient (Wildman–Crippen LogP) is 5.37. The molecule has 1 amide bonds. The van der Waals surface area contributed by atoms with E-state index in [9.17, 15) is 4.79 Å². The fourth-order valence-electron chi connectivity index (χ4n) is 4.37. The van der Waals surface area contributed by atoms with E-state index in [2.05, 4.69) is 30.5 Å². The van der Waals surface area contributed by atoms with Gasteiger partial charge >= 0.3 is 0 Å². The molecule has 5 aromatic heterocycles. The van der Waals surface area contributed by atoms with E-state index >= 15 is 0 Å². The van der Waals surface area contributed by atoms with E-state index in [1.165, 1.54) is 0 Å². The van der Waals surface area contributed by atoms with Crippen LogP contribution in [0.25, 0.3) is 56.0 Å². The number of ether oxygens (including phenoxy) is 1. The second-order valence-corrected chi connectivity index (χ2v) is 8.83.